The van der Waals surface area contributed by atoms with Crippen LogP contribution in [0.1, 0.15) is 30.4 Å². The number of aryl methyl sites for hydroxylation is 1. The zero-order valence-electron chi connectivity index (χ0n) is 9.72. The fraction of sp³-hybridized carbons (Fsp3) is 0.385. The summed E-state index contributed by atoms with van der Waals surface area (Å²) in [7, 11) is 0. The van der Waals surface area contributed by atoms with Crippen LogP contribution in [0, 0.1) is 6.92 Å². The van der Waals surface area contributed by atoms with Crippen LogP contribution in [0.3, 0.4) is 0 Å². The van der Waals surface area contributed by atoms with E-state index in [1.807, 2.05) is 24.3 Å². The summed E-state index contributed by atoms with van der Waals surface area (Å²) in [6, 6.07) is 8.08. The normalized spacial score (nSPS) is 19.7. The van der Waals surface area contributed by atoms with Crippen molar-refractivity contribution in [3.05, 3.63) is 35.7 Å². The second-order valence-corrected chi connectivity index (χ2v) is 4.32. The smallest absolute Gasteiger partial charge is 0.256 e. The number of benzene rings is 1. The highest BCUT2D eigenvalue weighted by molar-refractivity contribution is 5.54. The third-order valence-corrected chi connectivity index (χ3v) is 2.96. The van der Waals surface area contributed by atoms with E-state index in [-0.39, 0.29) is 6.10 Å². The molecular weight excluding hydrogens is 216 g/mol. The second-order valence-electron chi connectivity index (χ2n) is 4.32. The van der Waals surface area contributed by atoms with Crippen LogP contribution in [-0.2, 0) is 4.74 Å². The molecule has 1 aromatic heterocycles. The zero-order chi connectivity index (χ0) is 11.7. The van der Waals surface area contributed by atoms with Gasteiger partial charge in [-0.05, 0) is 19.8 Å². The van der Waals surface area contributed by atoms with E-state index in [9.17, 15) is 0 Å². The first-order valence-corrected chi connectivity index (χ1v) is 5.85. The van der Waals surface area contributed by atoms with Gasteiger partial charge in [0.05, 0.1) is 0 Å². The molecule has 88 valence electrons. The van der Waals surface area contributed by atoms with Crippen molar-refractivity contribution >= 4 is 0 Å². The number of nitrogens with zero attached hydrogens (tertiary/aromatic N) is 2. The van der Waals surface area contributed by atoms with Gasteiger partial charge in [-0.25, -0.2) is 0 Å². The van der Waals surface area contributed by atoms with Crippen LogP contribution in [0.2, 0.25) is 0 Å². The van der Waals surface area contributed by atoms with Crippen LogP contribution in [0.4, 0.5) is 0 Å². The molecule has 4 heteroatoms. The number of hydrogen-bond donors (Lipinski definition) is 0. The molecule has 1 aliphatic heterocycles. The van der Waals surface area contributed by atoms with Crippen molar-refractivity contribution in [3.63, 3.8) is 0 Å². The van der Waals surface area contributed by atoms with Gasteiger partial charge in [-0.3, -0.25) is 0 Å². The predicted octanol–water partition coefficient (Wildman–Crippen LogP) is 2.90. The molecule has 0 unspecified atom stereocenters. The highest BCUT2D eigenvalue weighted by Gasteiger charge is 2.23. The minimum atomic E-state index is -0.0123. The lowest BCUT2D eigenvalue weighted by atomic mass is 10.1. The Kier molecular flexibility index (Phi) is 2.65. The second kappa shape index (κ2) is 4.30. The first-order chi connectivity index (χ1) is 8.33. The lowest BCUT2D eigenvalue weighted by Crippen LogP contribution is -1.95. The number of ether oxygens (including phenoxy) is 1. The maximum absolute atomic E-state index is 5.51. The summed E-state index contributed by atoms with van der Waals surface area (Å²) in [5.74, 6) is 1.23. The average molecular weight is 230 g/mol. The van der Waals surface area contributed by atoms with Gasteiger partial charge >= 0.3 is 0 Å². The first kappa shape index (κ1) is 10.5. The van der Waals surface area contributed by atoms with Gasteiger partial charge in [0.25, 0.3) is 5.89 Å². The molecule has 1 fully saturated rings. The number of aromatic nitrogens is 2. The van der Waals surface area contributed by atoms with Gasteiger partial charge < -0.3 is 9.26 Å². The van der Waals surface area contributed by atoms with Crippen molar-refractivity contribution in [2.45, 2.75) is 25.9 Å². The average Bonchev–Trinajstić information content (AvgIpc) is 3.00. The van der Waals surface area contributed by atoms with Crippen molar-refractivity contribution < 1.29 is 9.26 Å². The fourth-order valence-electron chi connectivity index (χ4n) is 1.96. The summed E-state index contributed by atoms with van der Waals surface area (Å²) < 4.78 is 10.8. The van der Waals surface area contributed by atoms with Crippen LogP contribution in [0.25, 0.3) is 11.4 Å². The molecular formula is C13H14N2O2. The Balaban J connectivity index is 1.86. The molecule has 0 bridgehead atoms. The van der Waals surface area contributed by atoms with Gasteiger partial charge in [0, 0.05) is 12.2 Å². The molecule has 17 heavy (non-hydrogen) atoms. The third-order valence-electron chi connectivity index (χ3n) is 2.96. The van der Waals surface area contributed by atoms with E-state index in [4.69, 9.17) is 9.26 Å². The Morgan fingerprint density at radius 3 is 2.76 bits per heavy atom. The summed E-state index contributed by atoms with van der Waals surface area (Å²) in [6.45, 7) is 2.84. The SMILES string of the molecule is Cc1ccc(-c2noc([C@@H]3CCCO3)n2)cc1. The standard InChI is InChI=1S/C13H14N2O2/c1-9-4-6-10(7-5-9)12-14-13(17-15-12)11-3-2-8-16-11/h4-7,11H,2-3,8H2,1H3/t11-/m0/s1. The molecule has 0 N–H and O–H groups in total. The fourth-order valence-corrected chi connectivity index (χ4v) is 1.96. The van der Waals surface area contributed by atoms with E-state index in [0.717, 1.165) is 25.0 Å². The van der Waals surface area contributed by atoms with Gasteiger partial charge in [0.2, 0.25) is 5.82 Å². The molecule has 0 radical (unpaired) electrons. The maximum atomic E-state index is 5.51. The molecule has 0 aliphatic carbocycles. The quantitative estimate of drug-likeness (QED) is 0.795. The molecule has 1 aromatic carbocycles. The minimum absolute atomic E-state index is 0.0123. The third kappa shape index (κ3) is 2.08. The lowest BCUT2D eigenvalue weighted by molar-refractivity contribution is 0.0835. The van der Waals surface area contributed by atoms with Crippen LogP contribution in [-0.4, -0.2) is 16.7 Å². The largest absolute Gasteiger partial charge is 0.368 e. The van der Waals surface area contributed by atoms with Crippen molar-refractivity contribution in [1.82, 2.24) is 10.1 Å². The molecule has 0 amide bonds. The lowest BCUT2D eigenvalue weighted by Gasteiger charge is -2.00. The van der Waals surface area contributed by atoms with Gasteiger partial charge in [-0.15, -0.1) is 0 Å². The number of rotatable bonds is 2. The Bertz CT molecular complexity index is 498. The Hall–Kier alpha value is -1.68. The molecule has 0 spiro atoms. The molecule has 2 heterocycles. The number of hydrogen-bond acceptors (Lipinski definition) is 4. The van der Waals surface area contributed by atoms with Crippen LogP contribution >= 0.6 is 0 Å². The molecule has 3 rings (SSSR count). The summed E-state index contributed by atoms with van der Waals surface area (Å²) >= 11 is 0. The monoisotopic (exact) mass is 230 g/mol. The van der Waals surface area contributed by atoms with Crippen molar-refractivity contribution in [2.75, 3.05) is 6.61 Å². The van der Waals surface area contributed by atoms with Gasteiger partial charge in [0.1, 0.15) is 6.10 Å². The highest BCUT2D eigenvalue weighted by atomic mass is 16.5. The summed E-state index contributed by atoms with van der Waals surface area (Å²) in [6.07, 6.45) is 2.02. The minimum Gasteiger partial charge on any atom is -0.368 e. The van der Waals surface area contributed by atoms with Crippen LogP contribution < -0.4 is 0 Å². The Labute approximate surface area is 99.6 Å². The molecule has 2 aromatic rings. The van der Waals surface area contributed by atoms with E-state index in [2.05, 4.69) is 17.1 Å². The van der Waals surface area contributed by atoms with Gasteiger partial charge in [0.15, 0.2) is 0 Å². The van der Waals surface area contributed by atoms with E-state index in [0.29, 0.717) is 11.7 Å². The van der Waals surface area contributed by atoms with Gasteiger partial charge in [-0.2, -0.15) is 4.98 Å². The van der Waals surface area contributed by atoms with Gasteiger partial charge in [-0.1, -0.05) is 35.0 Å². The maximum Gasteiger partial charge on any atom is 0.256 e. The highest BCUT2D eigenvalue weighted by Crippen LogP contribution is 2.28. The van der Waals surface area contributed by atoms with E-state index in [1.54, 1.807) is 0 Å². The Morgan fingerprint density at radius 1 is 1.24 bits per heavy atom. The molecule has 0 saturated carbocycles. The predicted molar refractivity (Wildman–Crippen MR) is 62.4 cm³/mol. The Morgan fingerprint density at radius 2 is 2.06 bits per heavy atom. The summed E-state index contributed by atoms with van der Waals surface area (Å²) in [5.41, 5.74) is 2.19. The van der Waals surface area contributed by atoms with Crippen molar-refractivity contribution in [2.24, 2.45) is 0 Å². The van der Waals surface area contributed by atoms with E-state index >= 15 is 0 Å². The first-order valence-electron chi connectivity index (χ1n) is 5.85. The molecule has 1 atom stereocenters. The van der Waals surface area contributed by atoms with Crippen molar-refractivity contribution in [1.29, 1.82) is 0 Å². The van der Waals surface area contributed by atoms with E-state index in [1.165, 1.54) is 5.56 Å². The topological polar surface area (TPSA) is 48.2 Å². The zero-order valence-corrected chi connectivity index (χ0v) is 9.72. The summed E-state index contributed by atoms with van der Waals surface area (Å²) in [5, 5.41) is 3.99. The van der Waals surface area contributed by atoms with Crippen LogP contribution in [0.5, 0.6) is 0 Å². The van der Waals surface area contributed by atoms with Crippen molar-refractivity contribution in [3.8, 4) is 11.4 Å². The van der Waals surface area contributed by atoms with E-state index < -0.39 is 0 Å². The van der Waals surface area contributed by atoms with Crippen LogP contribution in [0.15, 0.2) is 28.8 Å². The molecule has 4 nitrogen and oxygen atoms in total. The molecule has 1 saturated heterocycles. The molecule has 1 aliphatic rings. The summed E-state index contributed by atoms with van der Waals surface area (Å²) in [4.78, 5) is 4.39.